The molecule has 1 saturated heterocycles. The van der Waals surface area contributed by atoms with E-state index in [0.29, 0.717) is 24.5 Å². The highest BCUT2D eigenvalue weighted by molar-refractivity contribution is 7.91. The topological polar surface area (TPSA) is 46.6 Å². The molecule has 3 rings (SSSR count). The fourth-order valence-corrected chi connectivity index (χ4v) is 5.19. The maximum Gasteiger partial charge on any atom is 0.151 e. The molecule has 0 aliphatic carbocycles. The van der Waals surface area contributed by atoms with Crippen LogP contribution in [0.1, 0.15) is 17.5 Å². The summed E-state index contributed by atoms with van der Waals surface area (Å²) in [5, 5.41) is 0.695. The minimum absolute atomic E-state index is 0.0334. The summed E-state index contributed by atoms with van der Waals surface area (Å²) in [6.45, 7) is 1.36. The Morgan fingerprint density at radius 3 is 2.44 bits per heavy atom. The van der Waals surface area contributed by atoms with Crippen LogP contribution in [-0.4, -0.2) is 38.0 Å². The molecule has 25 heavy (non-hydrogen) atoms. The molecule has 2 aromatic rings. The smallest absolute Gasteiger partial charge is 0.151 e. The largest absolute Gasteiger partial charge is 0.497 e. The number of ether oxygens (including phenoxy) is 1. The first-order chi connectivity index (χ1) is 11.9. The first kappa shape index (κ1) is 18.2. The minimum Gasteiger partial charge on any atom is -0.497 e. The number of methoxy groups -OCH3 is 1. The maximum absolute atomic E-state index is 11.9. The van der Waals surface area contributed by atoms with Gasteiger partial charge >= 0.3 is 0 Å². The van der Waals surface area contributed by atoms with Gasteiger partial charge in [-0.3, -0.25) is 4.90 Å². The van der Waals surface area contributed by atoms with E-state index in [1.807, 2.05) is 48.5 Å². The summed E-state index contributed by atoms with van der Waals surface area (Å²) in [7, 11) is -1.29. The van der Waals surface area contributed by atoms with Gasteiger partial charge in [0.25, 0.3) is 0 Å². The molecule has 0 unspecified atom stereocenters. The lowest BCUT2D eigenvalue weighted by Gasteiger charge is -2.28. The van der Waals surface area contributed by atoms with Crippen molar-refractivity contribution in [3.05, 3.63) is 64.7 Å². The molecule has 2 aromatic carbocycles. The molecule has 1 atom stereocenters. The SMILES string of the molecule is COc1ccc(CN(Cc2cccc(Cl)c2)[C@H]2CCS(=O)(=O)C2)cc1. The van der Waals surface area contributed by atoms with E-state index >= 15 is 0 Å². The molecule has 134 valence electrons. The summed E-state index contributed by atoms with van der Waals surface area (Å²) >= 11 is 6.10. The fraction of sp³-hybridized carbons (Fsp3) is 0.368. The van der Waals surface area contributed by atoms with E-state index in [1.54, 1.807) is 7.11 Å². The molecule has 0 amide bonds. The molecule has 1 aliphatic rings. The zero-order valence-electron chi connectivity index (χ0n) is 14.2. The van der Waals surface area contributed by atoms with Crippen LogP contribution in [0.3, 0.4) is 0 Å². The molecule has 1 heterocycles. The van der Waals surface area contributed by atoms with E-state index < -0.39 is 9.84 Å². The summed E-state index contributed by atoms with van der Waals surface area (Å²) in [6, 6.07) is 15.7. The van der Waals surface area contributed by atoms with Gasteiger partial charge in [-0.05, 0) is 41.8 Å². The van der Waals surface area contributed by atoms with Crippen LogP contribution in [0.2, 0.25) is 5.02 Å². The van der Waals surface area contributed by atoms with Crippen molar-refractivity contribution in [2.45, 2.75) is 25.6 Å². The molecule has 1 fully saturated rings. The van der Waals surface area contributed by atoms with Crippen molar-refractivity contribution in [1.29, 1.82) is 0 Å². The number of hydrogen-bond donors (Lipinski definition) is 0. The van der Waals surface area contributed by atoms with E-state index in [0.717, 1.165) is 16.9 Å². The van der Waals surface area contributed by atoms with Gasteiger partial charge in [-0.25, -0.2) is 8.42 Å². The van der Waals surface area contributed by atoms with Crippen LogP contribution in [0.15, 0.2) is 48.5 Å². The van der Waals surface area contributed by atoms with Crippen molar-refractivity contribution in [3.8, 4) is 5.75 Å². The zero-order valence-corrected chi connectivity index (χ0v) is 15.8. The Morgan fingerprint density at radius 2 is 1.84 bits per heavy atom. The lowest BCUT2D eigenvalue weighted by Crippen LogP contribution is -2.35. The predicted octanol–water partition coefficient (Wildman–Crippen LogP) is 3.54. The van der Waals surface area contributed by atoms with E-state index in [-0.39, 0.29) is 17.5 Å². The third kappa shape index (κ3) is 4.97. The van der Waals surface area contributed by atoms with Crippen molar-refractivity contribution in [2.24, 2.45) is 0 Å². The number of rotatable bonds is 6. The fourth-order valence-electron chi connectivity index (χ4n) is 3.21. The van der Waals surface area contributed by atoms with Crippen LogP contribution < -0.4 is 4.74 Å². The quantitative estimate of drug-likeness (QED) is 0.770. The number of halogens is 1. The molecule has 0 N–H and O–H groups in total. The van der Waals surface area contributed by atoms with Gasteiger partial charge in [0, 0.05) is 24.2 Å². The Bertz CT molecular complexity index is 821. The Hall–Kier alpha value is -1.56. The number of benzene rings is 2. The molecule has 0 bridgehead atoms. The zero-order chi connectivity index (χ0) is 17.9. The third-order valence-electron chi connectivity index (χ3n) is 4.54. The maximum atomic E-state index is 11.9. The third-order valence-corrected chi connectivity index (χ3v) is 6.53. The summed E-state index contributed by atoms with van der Waals surface area (Å²) in [4.78, 5) is 2.23. The van der Waals surface area contributed by atoms with Gasteiger partial charge in [0.2, 0.25) is 0 Å². The van der Waals surface area contributed by atoms with Crippen LogP contribution in [0.5, 0.6) is 5.75 Å². The second kappa shape index (κ2) is 7.77. The van der Waals surface area contributed by atoms with Crippen LogP contribution in [0.4, 0.5) is 0 Å². The average molecular weight is 380 g/mol. The second-order valence-corrected chi connectivity index (χ2v) is 9.10. The molecule has 0 saturated carbocycles. The first-order valence-electron chi connectivity index (χ1n) is 8.27. The van der Waals surface area contributed by atoms with E-state index in [9.17, 15) is 8.42 Å². The van der Waals surface area contributed by atoms with Gasteiger partial charge in [-0.2, -0.15) is 0 Å². The highest BCUT2D eigenvalue weighted by Gasteiger charge is 2.32. The Balaban J connectivity index is 1.80. The molecular formula is C19H22ClNO3S. The second-order valence-electron chi connectivity index (χ2n) is 6.44. The number of sulfone groups is 1. The van der Waals surface area contributed by atoms with E-state index in [4.69, 9.17) is 16.3 Å². The van der Waals surface area contributed by atoms with Gasteiger partial charge in [0.1, 0.15) is 5.75 Å². The van der Waals surface area contributed by atoms with Crippen molar-refractivity contribution in [3.63, 3.8) is 0 Å². The van der Waals surface area contributed by atoms with Crippen LogP contribution >= 0.6 is 11.6 Å². The average Bonchev–Trinajstić information content (AvgIpc) is 2.95. The molecule has 0 radical (unpaired) electrons. The summed E-state index contributed by atoms with van der Waals surface area (Å²) in [5.41, 5.74) is 2.22. The molecular weight excluding hydrogens is 358 g/mol. The van der Waals surface area contributed by atoms with Gasteiger partial charge in [-0.15, -0.1) is 0 Å². The highest BCUT2D eigenvalue weighted by Crippen LogP contribution is 2.24. The number of nitrogens with zero attached hydrogens (tertiary/aromatic N) is 1. The van der Waals surface area contributed by atoms with Crippen LogP contribution in [-0.2, 0) is 22.9 Å². The Kier molecular flexibility index (Phi) is 5.67. The van der Waals surface area contributed by atoms with Gasteiger partial charge < -0.3 is 4.74 Å². The molecule has 0 spiro atoms. The lowest BCUT2D eigenvalue weighted by molar-refractivity contribution is 0.194. The van der Waals surface area contributed by atoms with Crippen LogP contribution in [0.25, 0.3) is 0 Å². The normalized spacial score (nSPS) is 19.2. The van der Waals surface area contributed by atoms with E-state index in [1.165, 1.54) is 0 Å². The summed E-state index contributed by atoms with van der Waals surface area (Å²) in [5.74, 6) is 1.31. The van der Waals surface area contributed by atoms with Gasteiger partial charge in [0.15, 0.2) is 9.84 Å². The van der Waals surface area contributed by atoms with Crippen LogP contribution in [0, 0.1) is 0 Å². The summed E-state index contributed by atoms with van der Waals surface area (Å²) in [6.07, 6.45) is 0.680. The van der Waals surface area contributed by atoms with Gasteiger partial charge in [-0.1, -0.05) is 35.9 Å². The molecule has 0 aromatic heterocycles. The Morgan fingerprint density at radius 1 is 1.12 bits per heavy atom. The molecule has 6 heteroatoms. The van der Waals surface area contributed by atoms with Crippen molar-refractivity contribution in [1.82, 2.24) is 4.90 Å². The first-order valence-corrected chi connectivity index (χ1v) is 10.5. The van der Waals surface area contributed by atoms with Crippen molar-refractivity contribution < 1.29 is 13.2 Å². The number of hydrogen-bond acceptors (Lipinski definition) is 4. The molecule has 1 aliphatic heterocycles. The lowest BCUT2D eigenvalue weighted by atomic mass is 10.1. The van der Waals surface area contributed by atoms with Crippen molar-refractivity contribution >= 4 is 21.4 Å². The minimum atomic E-state index is -2.93. The van der Waals surface area contributed by atoms with Gasteiger partial charge in [0.05, 0.1) is 18.6 Å². The van der Waals surface area contributed by atoms with Crippen molar-refractivity contribution in [2.75, 3.05) is 18.6 Å². The standard InChI is InChI=1S/C19H22ClNO3S/c1-24-19-7-5-15(6-8-19)12-21(18-9-10-25(22,23)14-18)13-16-3-2-4-17(20)11-16/h2-8,11,18H,9-10,12-14H2,1H3/t18-/m0/s1. The monoisotopic (exact) mass is 379 g/mol. The molecule has 4 nitrogen and oxygen atoms in total. The Labute approximate surface area is 154 Å². The summed E-state index contributed by atoms with van der Waals surface area (Å²) < 4.78 is 29.0. The highest BCUT2D eigenvalue weighted by atomic mass is 35.5. The van der Waals surface area contributed by atoms with E-state index in [2.05, 4.69) is 4.90 Å². The predicted molar refractivity (Wildman–Crippen MR) is 101 cm³/mol.